The van der Waals surface area contributed by atoms with Crippen LogP contribution in [-0.2, 0) is 5.41 Å². The summed E-state index contributed by atoms with van der Waals surface area (Å²) < 4.78 is 0. The van der Waals surface area contributed by atoms with Crippen molar-refractivity contribution in [2.75, 3.05) is 38.1 Å². The van der Waals surface area contributed by atoms with Gasteiger partial charge in [0.1, 0.15) is 4.88 Å². The molecule has 0 atom stereocenters. The molecule has 1 aromatic heterocycles. The van der Waals surface area contributed by atoms with Gasteiger partial charge in [0.05, 0.1) is 5.69 Å². The molecule has 0 aliphatic carbocycles. The van der Waals surface area contributed by atoms with Crippen LogP contribution in [0.2, 0.25) is 0 Å². The van der Waals surface area contributed by atoms with E-state index in [9.17, 15) is 9.90 Å². The highest BCUT2D eigenvalue weighted by Gasteiger charge is 2.28. The number of thiazole rings is 1. The van der Waals surface area contributed by atoms with Gasteiger partial charge >= 0.3 is 5.97 Å². The van der Waals surface area contributed by atoms with E-state index in [4.69, 9.17) is 0 Å². The Hall–Kier alpha value is -1.14. The third-order valence-electron chi connectivity index (χ3n) is 3.80. The quantitative estimate of drug-likeness (QED) is 0.906. The zero-order valence-electron chi connectivity index (χ0n) is 13.3. The molecule has 0 saturated carbocycles. The van der Waals surface area contributed by atoms with Crippen LogP contribution in [0.1, 0.15) is 49.0 Å². The van der Waals surface area contributed by atoms with Crippen LogP contribution in [0.25, 0.3) is 0 Å². The van der Waals surface area contributed by atoms with Crippen LogP contribution >= 0.6 is 11.3 Å². The molecule has 1 aliphatic rings. The van der Waals surface area contributed by atoms with E-state index >= 15 is 0 Å². The maximum atomic E-state index is 11.4. The van der Waals surface area contributed by atoms with Gasteiger partial charge in [0.2, 0.25) is 0 Å². The fourth-order valence-corrected chi connectivity index (χ4v) is 3.62. The minimum absolute atomic E-state index is 0.252. The summed E-state index contributed by atoms with van der Waals surface area (Å²) >= 11 is 1.28. The number of rotatable bonds is 5. The minimum Gasteiger partial charge on any atom is -0.477 e. The van der Waals surface area contributed by atoms with Crippen LogP contribution in [0.5, 0.6) is 0 Å². The van der Waals surface area contributed by atoms with Gasteiger partial charge in [-0.2, -0.15) is 0 Å². The van der Waals surface area contributed by atoms with E-state index in [0.29, 0.717) is 10.6 Å². The van der Waals surface area contributed by atoms with E-state index in [0.717, 1.165) is 18.2 Å². The summed E-state index contributed by atoms with van der Waals surface area (Å²) in [6.07, 6.45) is 2.58. The van der Waals surface area contributed by atoms with E-state index in [1.807, 2.05) is 27.8 Å². The average Bonchev–Trinajstić information content (AvgIpc) is 3.04. The molecule has 1 fully saturated rings. The lowest BCUT2D eigenvalue weighted by Gasteiger charge is -2.21. The van der Waals surface area contributed by atoms with Gasteiger partial charge in [0.25, 0.3) is 0 Å². The molecule has 1 aliphatic heterocycles. The van der Waals surface area contributed by atoms with Crippen molar-refractivity contribution in [2.24, 2.45) is 0 Å². The number of aromatic nitrogens is 1. The topological polar surface area (TPSA) is 56.7 Å². The molecule has 118 valence electrons. The normalized spacial score (nSPS) is 16.4. The number of carboxylic acid groups (broad SMARTS) is 1. The molecule has 0 aromatic carbocycles. The number of carbonyl (C=O) groups is 1. The van der Waals surface area contributed by atoms with E-state index in [1.165, 1.54) is 37.3 Å². The molecule has 1 aromatic rings. The summed E-state index contributed by atoms with van der Waals surface area (Å²) in [7, 11) is 1.99. The van der Waals surface area contributed by atoms with Crippen molar-refractivity contribution in [1.82, 2.24) is 9.88 Å². The number of likely N-dealkylation sites (N-methyl/N-ethyl adjacent to an activating group) is 1. The first-order chi connectivity index (χ1) is 9.79. The van der Waals surface area contributed by atoms with E-state index in [-0.39, 0.29) is 5.41 Å². The predicted octanol–water partition coefficient (Wildman–Crippen LogP) is 2.67. The Balaban J connectivity index is 2.09. The molecule has 2 heterocycles. The number of hydrogen-bond acceptors (Lipinski definition) is 5. The summed E-state index contributed by atoms with van der Waals surface area (Å²) in [6, 6.07) is 0. The first kappa shape index (κ1) is 16.2. The van der Waals surface area contributed by atoms with Crippen molar-refractivity contribution in [3.63, 3.8) is 0 Å². The van der Waals surface area contributed by atoms with Crippen molar-refractivity contribution < 1.29 is 9.90 Å². The molecule has 5 nitrogen and oxygen atoms in total. The van der Waals surface area contributed by atoms with E-state index in [2.05, 4.69) is 14.8 Å². The maximum absolute atomic E-state index is 11.4. The van der Waals surface area contributed by atoms with Crippen LogP contribution in [0.3, 0.4) is 0 Å². The Bertz CT molecular complexity index is 502. The first-order valence-corrected chi connectivity index (χ1v) is 8.29. The number of nitrogens with zero attached hydrogens (tertiary/aromatic N) is 3. The zero-order chi connectivity index (χ0) is 15.6. The molecule has 1 saturated heterocycles. The Labute approximate surface area is 130 Å². The third-order valence-corrected chi connectivity index (χ3v) is 4.96. The Kier molecular flexibility index (Phi) is 4.88. The molecule has 2 rings (SSSR count). The Morgan fingerprint density at radius 1 is 1.38 bits per heavy atom. The second-order valence-electron chi connectivity index (χ2n) is 6.70. The highest BCUT2D eigenvalue weighted by molar-refractivity contribution is 7.17. The van der Waals surface area contributed by atoms with Crippen LogP contribution in [0.15, 0.2) is 0 Å². The van der Waals surface area contributed by atoms with Gasteiger partial charge in [-0.1, -0.05) is 32.1 Å². The van der Waals surface area contributed by atoms with Gasteiger partial charge in [-0.3, -0.25) is 0 Å². The monoisotopic (exact) mass is 311 g/mol. The number of hydrogen-bond donors (Lipinski definition) is 1. The molecule has 0 spiro atoms. The molecule has 0 amide bonds. The summed E-state index contributed by atoms with van der Waals surface area (Å²) in [6.45, 7) is 10.3. The van der Waals surface area contributed by atoms with Gasteiger partial charge in [0.15, 0.2) is 5.13 Å². The second kappa shape index (κ2) is 6.32. The fraction of sp³-hybridized carbons (Fsp3) is 0.733. The van der Waals surface area contributed by atoms with Gasteiger partial charge in [-0.15, -0.1) is 0 Å². The number of carboxylic acids is 1. The molecule has 1 N–H and O–H groups in total. The van der Waals surface area contributed by atoms with Crippen LogP contribution < -0.4 is 4.90 Å². The molecule has 0 bridgehead atoms. The van der Waals surface area contributed by atoms with Crippen molar-refractivity contribution in [3.8, 4) is 0 Å². The van der Waals surface area contributed by atoms with Gasteiger partial charge < -0.3 is 14.9 Å². The lowest BCUT2D eigenvalue weighted by atomic mass is 9.91. The summed E-state index contributed by atoms with van der Waals surface area (Å²) in [5, 5.41) is 10.2. The first-order valence-electron chi connectivity index (χ1n) is 7.47. The van der Waals surface area contributed by atoms with Gasteiger partial charge in [-0.25, -0.2) is 9.78 Å². The lowest BCUT2D eigenvalue weighted by molar-refractivity contribution is 0.0699. The SMILES string of the molecule is CN(CCN1CCCC1)c1nc(C(C)(C)C)c(C(=O)O)s1. The van der Waals surface area contributed by atoms with Crippen molar-refractivity contribution >= 4 is 22.4 Å². The third kappa shape index (κ3) is 3.95. The Morgan fingerprint density at radius 3 is 2.48 bits per heavy atom. The van der Waals surface area contributed by atoms with Crippen molar-refractivity contribution in [2.45, 2.75) is 39.0 Å². The Morgan fingerprint density at radius 2 is 2.00 bits per heavy atom. The molecule has 0 radical (unpaired) electrons. The molecular formula is C15H25N3O2S. The highest BCUT2D eigenvalue weighted by atomic mass is 32.1. The van der Waals surface area contributed by atoms with E-state index < -0.39 is 5.97 Å². The van der Waals surface area contributed by atoms with Gasteiger partial charge in [-0.05, 0) is 25.9 Å². The van der Waals surface area contributed by atoms with Crippen LogP contribution in [-0.4, -0.2) is 54.2 Å². The summed E-state index contributed by atoms with van der Waals surface area (Å²) in [5.41, 5.74) is 0.432. The lowest BCUT2D eigenvalue weighted by Crippen LogP contribution is -2.31. The van der Waals surface area contributed by atoms with E-state index in [1.54, 1.807) is 0 Å². The maximum Gasteiger partial charge on any atom is 0.347 e. The summed E-state index contributed by atoms with van der Waals surface area (Å²) in [4.78, 5) is 20.9. The largest absolute Gasteiger partial charge is 0.477 e. The molecule has 6 heteroatoms. The van der Waals surface area contributed by atoms with Crippen LogP contribution in [0.4, 0.5) is 5.13 Å². The van der Waals surface area contributed by atoms with Gasteiger partial charge in [0, 0.05) is 25.6 Å². The van der Waals surface area contributed by atoms with Crippen molar-refractivity contribution in [1.29, 1.82) is 0 Å². The average molecular weight is 311 g/mol. The standard InChI is InChI=1S/C15H25N3O2S/c1-15(2,3)12-11(13(19)20)21-14(16-12)17(4)9-10-18-7-5-6-8-18/h5-10H2,1-4H3,(H,19,20). The highest BCUT2D eigenvalue weighted by Crippen LogP contribution is 2.33. The minimum atomic E-state index is -0.878. The van der Waals surface area contributed by atoms with Crippen LogP contribution in [0, 0.1) is 0 Å². The molecule has 21 heavy (non-hydrogen) atoms. The molecular weight excluding hydrogens is 286 g/mol. The second-order valence-corrected chi connectivity index (χ2v) is 7.68. The molecule has 0 unspecified atom stereocenters. The van der Waals surface area contributed by atoms with Crippen molar-refractivity contribution in [3.05, 3.63) is 10.6 Å². The number of likely N-dealkylation sites (tertiary alicyclic amines) is 1. The fourth-order valence-electron chi connectivity index (χ4n) is 2.52. The zero-order valence-corrected chi connectivity index (χ0v) is 14.2. The smallest absolute Gasteiger partial charge is 0.347 e. The summed E-state index contributed by atoms with van der Waals surface area (Å²) in [5.74, 6) is -0.878. The number of anilines is 1. The predicted molar refractivity (Wildman–Crippen MR) is 86.7 cm³/mol. The number of aromatic carboxylic acids is 1.